The van der Waals surface area contributed by atoms with Crippen molar-refractivity contribution in [3.05, 3.63) is 54.1 Å². The van der Waals surface area contributed by atoms with Crippen LogP contribution in [0.4, 0.5) is 0 Å². The molecule has 19 heavy (non-hydrogen) atoms. The summed E-state index contributed by atoms with van der Waals surface area (Å²) >= 11 is 0. The van der Waals surface area contributed by atoms with Crippen LogP contribution in [-0.4, -0.2) is 19.4 Å². The Morgan fingerprint density at radius 2 is 1.42 bits per heavy atom. The zero-order valence-electron chi connectivity index (χ0n) is 10.6. The van der Waals surface area contributed by atoms with Crippen LogP contribution in [0.3, 0.4) is 0 Å². The van der Waals surface area contributed by atoms with Gasteiger partial charge in [0.05, 0.1) is 12.8 Å². The number of hydrogen-bond acceptors (Lipinski definition) is 4. The molecule has 0 saturated carbocycles. The summed E-state index contributed by atoms with van der Waals surface area (Å²) in [5.41, 5.74) is 4.32. The van der Waals surface area contributed by atoms with E-state index in [1.54, 1.807) is 7.11 Å². The van der Waals surface area contributed by atoms with Crippen LogP contribution in [0.1, 0.15) is 5.56 Å². The maximum absolute atomic E-state index is 5.16. The van der Waals surface area contributed by atoms with Crippen LogP contribution in [0.25, 0.3) is 11.1 Å². The summed E-state index contributed by atoms with van der Waals surface area (Å²) in [5, 5.41) is 11.5. The number of hydrogen-bond donors (Lipinski definition) is 0. The summed E-state index contributed by atoms with van der Waals surface area (Å²) < 4.78 is 5.16. The molecule has 3 rings (SSSR count). The quantitative estimate of drug-likeness (QED) is 0.823. The van der Waals surface area contributed by atoms with Gasteiger partial charge in [0.15, 0.2) is 0 Å². The lowest BCUT2D eigenvalue weighted by Gasteiger charge is -2.05. The average molecular weight is 251 g/mol. The van der Waals surface area contributed by atoms with Crippen molar-refractivity contribution in [1.82, 2.24) is 0 Å². The number of ether oxygens (including phenoxy) is 1. The van der Waals surface area contributed by atoms with Crippen molar-refractivity contribution in [2.45, 2.75) is 0 Å². The van der Waals surface area contributed by atoms with Crippen LogP contribution in [0.2, 0.25) is 0 Å². The van der Waals surface area contributed by atoms with Gasteiger partial charge in [-0.2, -0.15) is 5.11 Å². The van der Waals surface area contributed by atoms with Gasteiger partial charge in [0.1, 0.15) is 12.3 Å². The fourth-order valence-corrected chi connectivity index (χ4v) is 2.00. The molecule has 0 spiro atoms. The van der Waals surface area contributed by atoms with E-state index >= 15 is 0 Å². The summed E-state index contributed by atoms with van der Waals surface area (Å²) in [7, 11) is 1.67. The van der Waals surface area contributed by atoms with E-state index < -0.39 is 0 Å². The molecule has 0 radical (unpaired) electrons. The van der Waals surface area contributed by atoms with E-state index in [1.165, 1.54) is 5.56 Å². The Morgan fingerprint density at radius 1 is 0.842 bits per heavy atom. The van der Waals surface area contributed by atoms with E-state index in [2.05, 4.69) is 39.7 Å². The molecule has 4 nitrogen and oxygen atoms in total. The fourth-order valence-electron chi connectivity index (χ4n) is 2.00. The van der Waals surface area contributed by atoms with Crippen molar-refractivity contribution in [3.8, 4) is 16.9 Å². The zero-order chi connectivity index (χ0) is 13.1. The molecule has 0 aromatic heterocycles. The Balaban J connectivity index is 1.85. The molecule has 0 fully saturated rings. The first-order valence-corrected chi connectivity index (χ1v) is 6.05. The van der Waals surface area contributed by atoms with Gasteiger partial charge in [-0.05, 0) is 34.0 Å². The lowest BCUT2D eigenvalue weighted by atomic mass is 10.0. The van der Waals surface area contributed by atoms with E-state index in [0.717, 1.165) is 22.6 Å². The molecule has 1 heterocycles. The minimum atomic E-state index is 0.571. The van der Waals surface area contributed by atoms with Gasteiger partial charge in [0, 0.05) is 0 Å². The van der Waals surface area contributed by atoms with Gasteiger partial charge >= 0.3 is 0 Å². The molecule has 0 amide bonds. The number of methoxy groups -OCH3 is 1. The largest absolute Gasteiger partial charge is 0.497 e. The highest BCUT2D eigenvalue weighted by Gasteiger charge is 2.07. The maximum Gasteiger partial charge on any atom is 0.118 e. The van der Waals surface area contributed by atoms with Gasteiger partial charge in [-0.25, -0.2) is 0 Å². The topological polar surface area (TPSA) is 46.3 Å². The van der Waals surface area contributed by atoms with E-state index in [1.807, 2.05) is 24.3 Å². The van der Waals surface area contributed by atoms with Crippen LogP contribution < -0.4 is 4.74 Å². The Labute approximate surface area is 111 Å². The minimum Gasteiger partial charge on any atom is -0.497 e. The molecule has 0 unspecified atom stereocenters. The molecule has 2 aromatic carbocycles. The number of rotatable bonds is 3. The molecule has 94 valence electrons. The second kappa shape index (κ2) is 5.02. The molecule has 0 N–H and O–H groups in total. The van der Waals surface area contributed by atoms with Crippen LogP contribution in [0.5, 0.6) is 5.75 Å². The Bertz CT molecular complexity index is 627. The molecule has 4 heteroatoms. The lowest BCUT2D eigenvalue weighted by molar-refractivity contribution is 0.415. The second-order valence-electron chi connectivity index (χ2n) is 4.24. The summed E-state index contributed by atoms with van der Waals surface area (Å²) in [4.78, 5) is 0. The lowest BCUT2D eigenvalue weighted by Crippen LogP contribution is -2.00. The Hall–Kier alpha value is -2.49. The van der Waals surface area contributed by atoms with Crippen LogP contribution in [0, 0.1) is 0 Å². The first-order valence-electron chi connectivity index (χ1n) is 6.05. The van der Waals surface area contributed by atoms with Gasteiger partial charge < -0.3 is 4.74 Å². The Kier molecular flexibility index (Phi) is 3.06. The van der Waals surface area contributed by atoms with Gasteiger partial charge in [0.25, 0.3) is 0 Å². The summed E-state index contributed by atoms with van der Waals surface area (Å²) in [5.74, 6) is 0.865. The average Bonchev–Trinajstić information content (AvgIpc) is 3.02. The van der Waals surface area contributed by atoms with Crippen molar-refractivity contribution in [3.63, 3.8) is 0 Å². The van der Waals surface area contributed by atoms with Gasteiger partial charge in [-0.3, -0.25) is 0 Å². The van der Waals surface area contributed by atoms with Crippen LogP contribution >= 0.6 is 0 Å². The third-order valence-electron chi connectivity index (χ3n) is 3.09. The monoisotopic (exact) mass is 251 g/mol. The number of benzene rings is 2. The highest BCUT2D eigenvalue weighted by molar-refractivity contribution is 6.02. The smallest absolute Gasteiger partial charge is 0.118 e. The normalized spacial score (nSPS) is 13.4. The molecule has 0 atom stereocenters. The third kappa shape index (κ3) is 2.38. The van der Waals surface area contributed by atoms with Crippen molar-refractivity contribution < 1.29 is 4.74 Å². The molecule has 0 saturated heterocycles. The molecule has 1 aliphatic rings. The highest BCUT2D eigenvalue weighted by atomic mass is 16.5. The SMILES string of the molecule is COc1ccc(-c2ccc(C3=NN=NC3)cc2)cc1. The molecular formula is C15H13N3O. The molecule has 1 aliphatic heterocycles. The van der Waals surface area contributed by atoms with Crippen molar-refractivity contribution in [2.75, 3.05) is 13.7 Å². The molecule has 0 aliphatic carbocycles. The zero-order valence-corrected chi connectivity index (χ0v) is 10.6. The van der Waals surface area contributed by atoms with Crippen LogP contribution in [0.15, 0.2) is 64.0 Å². The predicted octanol–water partition coefficient (Wildman–Crippen LogP) is 3.53. The standard InChI is InChI=1S/C15H13N3O/c1-19-14-8-6-12(7-9-14)11-2-4-13(5-3-11)15-10-16-18-17-15/h2-9H,10H2,1H3. The highest BCUT2D eigenvalue weighted by Crippen LogP contribution is 2.23. The Morgan fingerprint density at radius 3 is 1.95 bits per heavy atom. The third-order valence-corrected chi connectivity index (χ3v) is 3.09. The second-order valence-corrected chi connectivity index (χ2v) is 4.24. The number of nitrogens with zero attached hydrogens (tertiary/aromatic N) is 3. The minimum absolute atomic E-state index is 0.571. The molecular weight excluding hydrogens is 238 g/mol. The first-order chi connectivity index (χ1) is 9.36. The van der Waals surface area contributed by atoms with E-state index in [-0.39, 0.29) is 0 Å². The van der Waals surface area contributed by atoms with Gasteiger partial charge in [-0.15, -0.1) is 5.10 Å². The van der Waals surface area contributed by atoms with Gasteiger partial charge in [0.2, 0.25) is 0 Å². The fraction of sp³-hybridized carbons (Fsp3) is 0.133. The predicted molar refractivity (Wildman–Crippen MR) is 74.7 cm³/mol. The first kappa shape index (κ1) is 11.6. The summed E-state index contributed by atoms with van der Waals surface area (Å²) in [6.07, 6.45) is 0. The maximum atomic E-state index is 5.16. The van der Waals surface area contributed by atoms with E-state index in [4.69, 9.17) is 4.74 Å². The van der Waals surface area contributed by atoms with Crippen molar-refractivity contribution in [2.24, 2.45) is 15.4 Å². The van der Waals surface area contributed by atoms with Crippen molar-refractivity contribution in [1.29, 1.82) is 0 Å². The van der Waals surface area contributed by atoms with Crippen molar-refractivity contribution >= 4 is 5.71 Å². The summed E-state index contributed by atoms with van der Waals surface area (Å²) in [6, 6.07) is 16.3. The molecule has 2 aromatic rings. The van der Waals surface area contributed by atoms with E-state index in [9.17, 15) is 0 Å². The summed E-state index contributed by atoms with van der Waals surface area (Å²) in [6.45, 7) is 0.571. The van der Waals surface area contributed by atoms with E-state index in [0.29, 0.717) is 6.54 Å². The van der Waals surface area contributed by atoms with Crippen LogP contribution in [-0.2, 0) is 0 Å². The van der Waals surface area contributed by atoms with Gasteiger partial charge in [-0.1, -0.05) is 36.4 Å². The molecule has 0 bridgehead atoms.